The van der Waals surface area contributed by atoms with Crippen LogP contribution in [0.5, 0.6) is 5.75 Å². The molecule has 140 valence electrons. The standard InChI is InChI=1S/C16H11F6NO2S/c17-15(18,19)10-4-3-5-11(8-10)26-9-14(24)23-12-6-1-2-7-13(12)25-16(20,21)22/h1-8H,9H2,(H,23,24). The summed E-state index contributed by atoms with van der Waals surface area (Å²) in [5.74, 6) is -1.56. The third-order valence-electron chi connectivity index (χ3n) is 2.92. The molecule has 0 saturated carbocycles. The van der Waals surface area contributed by atoms with Crippen LogP contribution in [-0.2, 0) is 11.0 Å². The number of halogens is 6. The predicted molar refractivity (Wildman–Crippen MR) is 83.9 cm³/mol. The third-order valence-corrected chi connectivity index (χ3v) is 3.91. The first kappa shape index (κ1) is 20.0. The fourth-order valence-corrected chi connectivity index (χ4v) is 2.64. The molecule has 2 aromatic carbocycles. The molecule has 0 unspecified atom stereocenters. The first-order valence-electron chi connectivity index (χ1n) is 6.99. The van der Waals surface area contributed by atoms with Gasteiger partial charge in [-0.25, -0.2) is 0 Å². The molecule has 0 aliphatic carbocycles. The highest BCUT2D eigenvalue weighted by molar-refractivity contribution is 8.00. The molecule has 10 heteroatoms. The molecule has 26 heavy (non-hydrogen) atoms. The minimum absolute atomic E-state index is 0.195. The maximum absolute atomic E-state index is 12.6. The van der Waals surface area contributed by atoms with E-state index in [1.165, 1.54) is 30.3 Å². The van der Waals surface area contributed by atoms with Crippen LogP contribution in [0.1, 0.15) is 5.56 Å². The van der Waals surface area contributed by atoms with E-state index in [4.69, 9.17) is 0 Å². The van der Waals surface area contributed by atoms with Crippen molar-refractivity contribution >= 4 is 23.4 Å². The summed E-state index contributed by atoms with van der Waals surface area (Å²) in [5, 5.41) is 2.24. The molecule has 0 spiro atoms. The van der Waals surface area contributed by atoms with Crippen LogP contribution >= 0.6 is 11.8 Å². The number of ether oxygens (including phenoxy) is 1. The molecule has 2 aromatic rings. The van der Waals surface area contributed by atoms with Crippen LogP contribution in [0.15, 0.2) is 53.4 Å². The number of amides is 1. The Morgan fingerprint density at radius 3 is 2.35 bits per heavy atom. The largest absolute Gasteiger partial charge is 0.573 e. The number of carbonyl (C=O) groups is 1. The van der Waals surface area contributed by atoms with Gasteiger partial charge in [-0.15, -0.1) is 24.9 Å². The van der Waals surface area contributed by atoms with Crippen molar-refractivity contribution in [1.82, 2.24) is 0 Å². The molecule has 0 bridgehead atoms. The number of benzene rings is 2. The third kappa shape index (κ3) is 6.17. The zero-order valence-electron chi connectivity index (χ0n) is 12.8. The van der Waals surface area contributed by atoms with Crippen LogP contribution in [-0.4, -0.2) is 18.0 Å². The zero-order valence-corrected chi connectivity index (χ0v) is 13.6. The van der Waals surface area contributed by atoms with E-state index in [2.05, 4.69) is 10.1 Å². The SMILES string of the molecule is O=C(CSc1cccc(C(F)(F)F)c1)Nc1ccccc1OC(F)(F)F. The Bertz CT molecular complexity index is 776. The van der Waals surface area contributed by atoms with E-state index in [-0.39, 0.29) is 16.3 Å². The summed E-state index contributed by atoms with van der Waals surface area (Å²) >= 11 is 0.822. The quantitative estimate of drug-likeness (QED) is 0.549. The van der Waals surface area contributed by atoms with Gasteiger partial charge >= 0.3 is 12.5 Å². The average molecular weight is 395 g/mol. The van der Waals surface area contributed by atoms with Gasteiger partial charge in [0.15, 0.2) is 5.75 Å². The second-order valence-electron chi connectivity index (χ2n) is 4.91. The number of hydrogen-bond acceptors (Lipinski definition) is 3. The van der Waals surface area contributed by atoms with Gasteiger partial charge in [-0.05, 0) is 30.3 Å². The van der Waals surface area contributed by atoms with Crippen molar-refractivity contribution in [2.45, 2.75) is 17.4 Å². The molecule has 0 aliphatic rings. The van der Waals surface area contributed by atoms with Gasteiger partial charge in [0.2, 0.25) is 5.91 Å². The summed E-state index contributed by atoms with van der Waals surface area (Å²) in [6, 6.07) is 9.33. The minimum Gasteiger partial charge on any atom is -0.404 e. The van der Waals surface area contributed by atoms with Crippen LogP contribution in [0, 0.1) is 0 Å². The van der Waals surface area contributed by atoms with Crippen molar-refractivity contribution in [2.75, 3.05) is 11.1 Å². The number of alkyl halides is 6. The molecule has 2 rings (SSSR count). The number of para-hydroxylation sites is 2. The van der Waals surface area contributed by atoms with Gasteiger partial charge in [-0.2, -0.15) is 13.2 Å². The molecular formula is C16H11F6NO2S. The minimum atomic E-state index is -4.92. The fraction of sp³-hybridized carbons (Fsp3) is 0.188. The molecule has 0 aromatic heterocycles. The first-order chi connectivity index (χ1) is 12.0. The number of anilines is 1. The Morgan fingerprint density at radius 1 is 1.00 bits per heavy atom. The van der Waals surface area contributed by atoms with Gasteiger partial charge in [-0.3, -0.25) is 4.79 Å². The molecule has 0 saturated heterocycles. The van der Waals surface area contributed by atoms with Crippen molar-refractivity contribution in [1.29, 1.82) is 0 Å². The van der Waals surface area contributed by atoms with Gasteiger partial charge in [0.25, 0.3) is 0 Å². The van der Waals surface area contributed by atoms with E-state index in [1.54, 1.807) is 0 Å². The van der Waals surface area contributed by atoms with Gasteiger partial charge in [0, 0.05) is 4.90 Å². The van der Waals surface area contributed by atoms with Crippen LogP contribution in [0.2, 0.25) is 0 Å². The number of rotatable bonds is 5. The Labute approximate surface area is 148 Å². The lowest BCUT2D eigenvalue weighted by Crippen LogP contribution is -2.20. The highest BCUT2D eigenvalue weighted by Crippen LogP contribution is 2.32. The molecule has 1 N–H and O–H groups in total. The summed E-state index contributed by atoms with van der Waals surface area (Å²) < 4.78 is 78.7. The second-order valence-corrected chi connectivity index (χ2v) is 5.96. The van der Waals surface area contributed by atoms with Gasteiger partial charge in [0.05, 0.1) is 17.0 Å². The van der Waals surface area contributed by atoms with E-state index in [1.807, 2.05) is 0 Å². The maximum Gasteiger partial charge on any atom is 0.573 e. The summed E-state index contributed by atoms with van der Waals surface area (Å²) in [6.07, 6.45) is -9.43. The van der Waals surface area contributed by atoms with E-state index in [0.717, 1.165) is 30.0 Å². The van der Waals surface area contributed by atoms with E-state index >= 15 is 0 Å². The Kier molecular flexibility index (Phi) is 6.06. The van der Waals surface area contributed by atoms with Gasteiger partial charge < -0.3 is 10.1 Å². The van der Waals surface area contributed by atoms with Crippen molar-refractivity contribution in [3.63, 3.8) is 0 Å². The lowest BCUT2D eigenvalue weighted by Gasteiger charge is -2.14. The molecule has 0 radical (unpaired) electrons. The molecule has 0 aliphatic heterocycles. The lowest BCUT2D eigenvalue weighted by molar-refractivity contribution is -0.274. The van der Waals surface area contributed by atoms with Crippen molar-refractivity contribution in [3.8, 4) is 5.75 Å². The van der Waals surface area contributed by atoms with E-state index in [9.17, 15) is 31.1 Å². The van der Waals surface area contributed by atoms with E-state index in [0.29, 0.717) is 0 Å². The van der Waals surface area contributed by atoms with Crippen molar-refractivity contribution < 1.29 is 35.9 Å². The number of nitrogens with one attached hydrogen (secondary N) is 1. The monoisotopic (exact) mass is 395 g/mol. The molecule has 0 fully saturated rings. The summed E-state index contributed by atoms with van der Waals surface area (Å²) in [5.41, 5.74) is -1.05. The normalized spacial score (nSPS) is 11.9. The fourth-order valence-electron chi connectivity index (χ4n) is 1.88. The van der Waals surface area contributed by atoms with Crippen LogP contribution in [0.4, 0.5) is 32.0 Å². The first-order valence-corrected chi connectivity index (χ1v) is 7.98. The number of carbonyl (C=O) groups excluding carboxylic acids is 1. The second kappa shape index (κ2) is 7.90. The average Bonchev–Trinajstić information content (AvgIpc) is 2.53. The van der Waals surface area contributed by atoms with E-state index < -0.39 is 29.8 Å². The highest BCUT2D eigenvalue weighted by Gasteiger charge is 2.32. The van der Waals surface area contributed by atoms with Crippen LogP contribution in [0.25, 0.3) is 0 Å². The highest BCUT2D eigenvalue weighted by atomic mass is 32.2. The summed E-state index contributed by atoms with van der Waals surface area (Å²) in [4.78, 5) is 12.1. The molecule has 3 nitrogen and oxygen atoms in total. The topological polar surface area (TPSA) is 38.3 Å². The lowest BCUT2D eigenvalue weighted by atomic mass is 10.2. The molecule has 0 heterocycles. The summed E-state index contributed by atoms with van der Waals surface area (Å²) in [7, 11) is 0. The van der Waals surface area contributed by atoms with Crippen molar-refractivity contribution in [2.24, 2.45) is 0 Å². The zero-order chi connectivity index (χ0) is 19.4. The Hall–Kier alpha value is -2.36. The summed E-state index contributed by atoms with van der Waals surface area (Å²) in [6.45, 7) is 0. The Morgan fingerprint density at radius 2 is 1.69 bits per heavy atom. The van der Waals surface area contributed by atoms with Crippen LogP contribution in [0.3, 0.4) is 0 Å². The number of thioether (sulfide) groups is 1. The smallest absolute Gasteiger partial charge is 0.404 e. The molecule has 1 amide bonds. The van der Waals surface area contributed by atoms with Gasteiger partial charge in [0.1, 0.15) is 0 Å². The molecule has 0 atom stereocenters. The van der Waals surface area contributed by atoms with Crippen LogP contribution < -0.4 is 10.1 Å². The predicted octanol–water partition coefficient (Wildman–Crippen LogP) is 5.33. The number of hydrogen-bond donors (Lipinski definition) is 1. The molecular weight excluding hydrogens is 384 g/mol. The Balaban J connectivity index is 2.00. The van der Waals surface area contributed by atoms with Crippen molar-refractivity contribution in [3.05, 3.63) is 54.1 Å². The van der Waals surface area contributed by atoms with Gasteiger partial charge in [-0.1, -0.05) is 18.2 Å². The maximum atomic E-state index is 12.6.